The summed E-state index contributed by atoms with van der Waals surface area (Å²) in [6, 6.07) is 19.6. The van der Waals surface area contributed by atoms with Gasteiger partial charge in [-0.2, -0.15) is 0 Å². The minimum Gasteiger partial charge on any atom is -0.515 e. The zero-order valence-corrected chi connectivity index (χ0v) is 25.4. The first-order valence-electron chi connectivity index (χ1n) is 15.5. The number of hydrogen-bond donors (Lipinski definition) is 1. The second-order valence-corrected chi connectivity index (χ2v) is 11.5. The highest BCUT2D eigenvalue weighted by molar-refractivity contribution is 5.93. The van der Waals surface area contributed by atoms with Crippen molar-refractivity contribution >= 4 is 22.6 Å². The SMILES string of the molecule is CCc1ccccc1/C(=C\O)COc1cccc(C2CCN(Cc3nc4ccc(C(=O)OC)cc4n3CC3CCO3)CC2)n1. The smallest absolute Gasteiger partial charge is 0.337 e. The molecule has 2 aromatic heterocycles. The van der Waals surface area contributed by atoms with Crippen molar-refractivity contribution in [2.75, 3.05) is 33.4 Å². The molecule has 9 nitrogen and oxygen atoms in total. The number of pyridine rings is 1. The van der Waals surface area contributed by atoms with Gasteiger partial charge in [-0.25, -0.2) is 14.8 Å². The number of aryl methyl sites for hydroxylation is 1. The summed E-state index contributed by atoms with van der Waals surface area (Å²) < 4.78 is 19.0. The van der Waals surface area contributed by atoms with Crippen molar-refractivity contribution in [3.63, 3.8) is 0 Å². The first kappa shape index (κ1) is 29.8. The van der Waals surface area contributed by atoms with Crippen LogP contribution in [0.4, 0.5) is 0 Å². The van der Waals surface area contributed by atoms with E-state index in [-0.39, 0.29) is 18.7 Å². The average molecular weight is 597 g/mol. The molecular weight excluding hydrogens is 556 g/mol. The van der Waals surface area contributed by atoms with Gasteiger partial charge in [-0.05, 0) is 74.2 Å². The summed E-state index contributed by atoms with van der Waals surface area (Å²) in [6.07, 6.45) is 5.19. The normalized spacial score (nSPS) is 17.9. The Hall–Kier alpha value is -4.21. The van der Waals surface area contributed by atoms with Crippen molar-refractivity contribution in [2.45, 2.75) is 57.7 Å². The van der Waals surface area contributed by atoms with Gasteiger partial charge in [-0.1, -0.05) is 37.3 Å². The lowest BCUT2D eigenvalue weighted by molar-refractivity contribution is -0.0592. The minimum atomic E-state index is -0.349. The van der Waals surface area contributed by atoms with E-state index in [9.17, 15) is 9.90 Å². The van der Waals surface area contributed by atoms with Crippen LogP contribution in [0.15, 0.2) is 66.9 Å². The lowest BCUT2D eigenvalue weighted by Crippen LogP contribution is -2.35. The molecule has 9 heteroatoms. The van der Waals surface area contributed by atoms with E-state index in [0.717, 1.165) is 98.4 Å². The van der Waals surface area contributed by atoms with Crippen molar-refractivity contribution in [3.05, 3.63) is 95.1 Å². The third-order valence-corrected chi connectivity index (χ3v) is 8.82. The Morgan fingerprint density at radius 2 is 1.89 bits per heavy atom. The largest absolute Gasteiger partial charge is 0.515 e. The van der Waals surface area contributed by atoms with E-state index in [4.69, 9.17) is 24.2 Å². The molecule has 2 saturated heterocycles. The van der Waals surface area contributed by atoms with Crippen LogP contribution >= 0.6 is 0 Å². The predicted octanol–water partition coefficient (Wildman–Crippen LogP) is 5.93. The first-order chi connectivity index (χ1) is 21.6. The fraction of sp³-hybridized carbons (Fsp3) is 0.400. The van der Waals surface area contributed by atoms with Crippen molar-refractivity contribution in [2.24, 2.45) is 0 Å². The van der Waals surface area contributed by atoms with Gasteiger partial charge in [0, 0.05) is 29.9 Å². The average Bonchev–Trinajstić information content (AvgIpc) is 3.39. The summed E-state index contributed by atoms with van der Waals surface area (Å²) in [5.41, 5.74) is 6.28. The summed E-state index contributed by atoms with van der Waals surface area (Å²) in [5.74, 6) is 1.55. The maximum absolute atomic E-state index is 12.2. The maximum atomic E-state index is 12.2. The molecule has 4 aromatic rings. The Labute approximate surface area is 258 Å². The quantitative estimate of drug-likeness (QED) is 0.168. The van der Waals surface area contributed by atoms with Crippen LogP contribution in [0.2, 0.25) is 0 Å². The zero-order valence-electron chi connectivity index (χ0n) is 25.4. The topological polar surface area (TPSA) is 98.9 Å². The highest BCUT2D eigenvalue weighted by Crippen LogP contribution is 2.30. The number of piperidine rings is 1. The molecule has 0 amide bonds. The highest BCUT2D eigenvalue weighted by Gasteiger charge is 2.26. The predicted molar refractivity (Wildman–Crippen MR) is 169 cm³/mol. The van der Waals surface area contributed by atoms with Gasteiger partial charge >= 0.3 is 5.97 Å². The van der Waals surface area contributed by atoms with Crippen LogP contribution in [0, 0.1) is 0 Å². The van der Waals surface area contributed by atoms with Gasteiger partial charge in [-0.15, -0.1) is 0 Å². The summed E-state index contributed by atoms with van der Waals surface area (Å²) in [4.78, 5) is 24.5. The lowest BCUT2D eigenvalue weighted by atomic mass is 9.93. The van der Waals surface area contributed by atoms with Gasteiger partial charge in [0.1, 0.15) is 12.4 Å². The molecule has 0 spiro atoms. The number of imidazole rings is 1. The number of likely N-dealkylation sites (tertiary alicyclic amines) is 1. The molecule has 0 aliphatic carbocycles. The number of methoxy groups -OCH3 is 1. The Balaban J connectivity index is 1.10. The molecule has 230 valence electrons. The van der Waals surface area contributed by atoms with E-state index in [1.165, 1.54) is 12.7 Å². The number of hydrogen-bond acceptors (Lipinski definition) is 8. The fourth-order valence-electron chi connectivity index (χ4n) is 6.18. The minimum absolute atomic E-state index is 0.171. The Kier molecular flexibility index (Phi) is 9.23. The summed E-state index contributed by atoms with van der Waals surface area (Å²) in [7, 11) is 1.40. The van der Waals surface area contributed by atoms with E-state index < -0.39 is 0 Å². The molecule has 4 heterocycles. The first-order valence-corrected chi connectivity index (χ1v) is 15.5. The van der Waals surface area contributed by atoms with Crippen LogP contribution in [-0.2, 0) is 29.0 Å². The lowest BCUT2D eigenvalue weighted by Gasteiger charge is -2.32. The Bertz CT molecular complexity index is 1640. The number of esters is 1. The summed E-state index contributed by atoms with van der Waals surface area (Å²) in [5, 5.41) is 9.93. The Morgan fingerprint density at radius 1 is 1.07 bits per heavy atom. The van der Waals surface area contributed by atoms with Crippen molar-refractivity contribution in [3.8, 4) is 5.88 Å². The third-order valence-electron chi connectivity index (χ3n) is 8.82. The van der Waals surface area contributed by atoms with Crippen molar-refractivity contribution < 1.29 is 24.1 Å². The van der Waals surface area contributed by atoms with Crippen LogP contribution in [0.5, 0.6) is 5.88 Å². The molecule has 44 heavy (non-hydrogen) atoms. The van der Waals surface area contributed by atoms with E-state index in [2.05, 4.69) is 28.5 Å². The van der Waals surface area contributed by atoms with Crippen LogP contribution in [0.1, 0.15) is 65.1 Å². The fourth-order valence-corrected chi connectivity index (χ4v) is 6.18. The number of ether oxygens (including phenoxy) is 3. The van der Waals surface area contributed by atoms with E-state index in [1.54, 1.807) is 6.07 Å². The zero-order chi connectivity index (χ0) is 30.5. The highest BCUT2D eigenvalue weighted by atomic mass is 16.5. The molecule has 1 atom stereocenters. The number of fused-ring (bicyclic) bond motifs is 1. The maximum Gasteiger partial charge on any atom is 0.337 e. The number of aliphatic hydroxyl groups excluding tert-OH is 1. The van der Waals surface area contributed by atoms with Crippen molar-refractivity contribution in [1.82, 2.24) is 19.4 Å². The van der Waals surface area contributed by atoms with Crippen LogP contribution in [0.3, 0.4) is 0 Å². The van der Waals surface area contributed by atoms with Crippen LogP contribution in [-0.4, -0.2) is 70.0 Å². The molecule has 2 aliphatic rings. The van der Waals surface area contributed by atoms with E-state index >= 15 is 0 Å². The number of aromatic nitrogens is 3. The molecule has 1 unspecified atom stereocenters. The van der Waals surface area contributed by atoms with Gasteiger partial charge in [0.25, 0.3) is 0 Å². The van der Waals surface area contributed by atoms with Crippen LogP contribution in [0.25, 0.3) is 16.6 Å². The number of carbonyl (C=O) groups excluding carboxylic acids is 1. The summed E-state index contributed by atoms with van der Waals surface area (Å²) in [6.45, 7) is 6.46. The van der Waals surface area contributed by atoms with Crippen molar-refractivity contribution in [1.29, 1.82) is 0 Å². The monoisotopic (exact) mass is 596 g/mol. The standard InChI is InChI=1S/C35H40N4O5/c1-3-24-7-4-5-8-29(24)27(22-40)23-44-34-10-6-9-30(37-34)25-13-16-38(17-14-25)21-33-36-31-12-11-26(35(41)42-2)19-32(31)39(33)20-28-15-18-43-28/h4-12,19,22,25,28,40H,3,13-18,20-21,23H2,1-2H3/b27-22-. The molecule has 0 radical (unpaired) electrons. The molecule has 0 saturated carbocycles. The van der Waals surface area contributed by atoms with Gasteiger partial charge < -0.3 is 23.9 Å². The number of nitrogens with zero attached hydrogens (tertiary/aromatic N) is 4. The number of benzene rings is 2. The molecule has 2 aromatic carbocycles. The number of aliphatic hydroxyl groups is 1. The molecule has 2 aliphatic heterocycles. The molecule has 0 bridgehead atoms. The number of rotatable bonds is 11. The number of carbonyl (C=O) groups is 1. The molecule has 2 fully saturated rings. The van der Waals surface area contributed by atoms with Gasteiger partial charge in [-0.3, -0.25) is 4.90 Å². The molecular formula is C35H40N4O5. The Morgan fingerprint density at radius 3 is 2.61 bits per heavy atom. The third kappa shape index (κ3) is 6.49. The van der Waals surface area contributed by atoms with Gasteiger partial charge in [0.15, 0.2) is 0 Å². The second-order valence-electron chi connectivity index (χ2n) is 11.5. The van der Waals surface area contributed by atoms with Crippen LogP contribution < -0.4 is 4.74 Å². The second kappa shape index (κ2) is 13.6. The summed E-state index contributed by atoms with van der Waals surface area (Å²) >= 11 is 0. The van der Waals surface area contributed by atoms with E-state index in [0.29, 0.717) is 17.4 Å². The molecule has 6 rings (SSSR count). The molecule has 1 N–H and O–H groups in total. The van der Waals surface area contributed by atoms with E-state index in [1.807, 2.05) is 42.5 Å². The van der Waals surface area contributed by atoms with Gasteiger partial charge in [0.2, 0.25) is 5.88 Å². The van der Waals surface area contributed by atoms with Gasteiger partial charge in [0.05, 0.1) is 49.2 Å².